The highest BCUT2D eigenvalue weighted by molar-refractivity contribution is 7.99. The topological polar surface area (TPSA) is 55.4 Å². The van der Waals surface area contributed by atoms with E-state index in [1.165, 1.54) is 11.8 Å². The quantitative estimate of drug-likeness (QED) is 0.744. The second-order valence-electron chi connectivity index (χ2n) is 4.38. The molecule has 0 aromatic rings. The summed E-state index contributed by atoms with van der Waals surface area (Å²) in [5.74, 6) is 0. The molecule has 6 unspecified atom stereocenters. The van der Waals surface area contributed by atoms with Crippen molar-refractivity contribution in [1.29, 1.82) is 0 Å². The molecule has 0 saturated carbocycles. The van der Waals surface area contributed by atoms with Crippen molar-refractivity contribution in [2.75, 3.05) is 26.6 Å². The molecule has 3 saturated heterocycles. The highest BCUT2D eigenvalue weighted by atomic mass is 32.2. The number of rotatable bonds is 4. The lowest BCUT2D eigenvalue weighted by Gasteiger charge is -2.36. The van der Waals surface area contributed by atoms with Gasteiger partial charge in [0.2, 0.25) is 0 Å². The molecule has 2 bridgehead atoms. The Labute approximate surface area is 110 Å². The van der Waals surface area contributed by atoms with Gasteiger partial charge in [0.05, 0.1) is 6.61 Å². The van der Waals surface area contributed by atoms with Crippen molar-refractivity contribution in [2.24, 2.45) is 0 Å². The van der Waals surface area contributed by atoms with Gasteiger partial charge in [0.15, 0.2) is 6.29 Å². The monoisotopic (exact) mass is 278 g/mol. The van der Waals surface area contributed by atoms with Gasteiger partial charge in [-0.2, -0.15) is 0 Å². The molecule has 0 radical (unpaired) electrons. The molecule has 7 heteroatoms. The van der Waals surface area contributed by atoms with E-state index in [1.807, 2.05) is 13.2 Å². The maximum Gasteiger partial charge on any atom is 0.338 e. The van der Waals surface area contributed by atoms with Crippen LogP contribution in [0.15, 0.2) is 0 Å². The van der Waals surface area contributed by atoms with E-state index in [1.54, 1.807) is 7.11 Å². The van der Waals surface area contributed by atoms with Crippen molar-refractivity contribution in [3.8, 4) is 0 Å². The molecule has 0 amide bonds. The molecule has 3 heterocycles. The molecular weight excluding hydrogens is 260 g/mol. The van der Waals surface area contributed by atoms with Gasteiger partial charge >= 0.3 is 5.31 Å². The molecule has 0 aromatic heterocycles. The minimum absolute atomic E-state index is 0.126. The normalized spacial score (nSPS) is 50.5. The Morgan fingerprint density at radius 3 is 2.83 bits per heavy atom. The molecule has 3 rings (SSSR count). The minimum atomic E-state index is -1.01. The number of hydrogen-bond acceptors (Lipinski definition) is 7. The number of hydrogen-bond donors (Lipinski definition) is 0. The molecule has 0 spiro atoms. The van der Waals surface area contributed by atoms with Gasteiger partial charge in [-0.3, -0.25) is 0 Å². The molecule has 3 fully saturated rings. The maximum atomic E-state index is 5.91. The zero-order chi connectivity index (χ0) is 12.8. The van der Waals surface area contributed by atoms with Gasteiger partial charge in [-0.25, -0.2) is 0 Å². The number of fused-ring (bicyclic) bond motifs is 4. The first-order valence-corrected chi connectivity index (χ1v) is 7.30. The van der Waals surface area contributed by atoms with Gasteiger partial charge in [-0.15, -0.1) is 0 Å². The lowest BCUT2D eigenvalue weighted by Crippen LogP contribution is -2.52. The standard InChI is InChI=1S/C11H18O6S/c1-4-13-10-9(12-2)8-7(15-10)6-5-14-11(16-6,17-8)18-3/h6-10H,4-5H2,1-3H3. The Kier molecular flexibility index (Phi) is 3.57. The van der Waals surface area contributed by atoms with Gasteiger partial charge in [0.1, 0.15) is 24.4 Å². The number of thioether (sulfide) groups is 1. The van der Waals surface area contributed by atoms with Crippen LogP contribution in [0.2, 0.25) is 0 Å². The summed E-state index contributed by atoms with van der Waals surface area (Å²) in [6, 6.07) is 0. The molecule has 6 atom stereocenters. The van der Waals surface area contributed by atoms with E-state index in [0.29, 0.717) is 13.2 Å². The Hall–Kier alpha value is 0.110. The predicted molar refractivity (Wildman–Crippen MR) is 63.0 cm³/mol. The third-order valence-electron chi connectivity index (χ3n) is 3.43. The van der Waals surface area contributed by atoms with E-state index in [-0.39, 0.29) is 24.4 Å². The van der Waals surface area contributed by atoms with Crippen LogP contribution in [0.1, 0.15) is 6.92 Å². The Balaban J connectivity index is 1.80. The van der Waals surface area contributed by atoms with Crippen LogP contribution in [-0.4, -0.2) is 62.6 Å². The summed E-state index contributed by atoms with van der Waals surface area (Å²) in [4.78, 5) is 0. The molecule has 18 heavy (non-hydrogen) atoms. The van der Waals surface area contributed by atoms with Gasteiger partial charge in [0.25, 0.3) is 0 Å². The zero-order valence-electron chi connectivity index (χ0n) is 10.7. The second kappa shape index (κ2) is 4.90. The maximum absolute atomic E-state index is 5.91. The van der Waals surface area contributed by atoms with Crippen LogP contribution in [0.4, 0.5) is 0 Å². The summed E-state index contributed by atoms with van der Waals surface area (Å²) < 4.78 is 34.1. The SMILES string of the molecule is CCOC1OC2C3COC(SC)(O3)OC2C1OC. The lowest BCUT2D eigenvalue weighted by atomic mass is 10.1. The largest absolute Gasteiger partial charge is 0.373 e. The Morgan fingerprint density at radius 1 is 1.33 bits per heavy atom. The summed E-state index contributed by atoms with van der Waals surface area (Å²) in [5.41, 5.74) is 0. The molecule has 0 aliphatic carbocycles. The summed E-state index contributed by atoms with van der Waals surface area (Å²) in [6.45, 7) is 2.96. The van der Waals surface area contributed by atoms with E-state index < -0.39 is 11.6 Å². The molecule has 3 aliphatic rings. The summed E-state index contributed by atoms with van der Waals surface area (Å²) in [5, 5.41) is -1.01. The van der Waals surface area contributed by atoms with Gasteiger partial charge in [-0.05, 0) is 13.2 Å². The van der Waals surface area contributed by atoms with Crippen molar-refractivity contribution in [2.45, 2.75) is 42.9 Å². The first-order chi connectivity index (χ1) is 8.73. The molecular formula is C11H18O6S. The van der Waals surface area contributed by atoms with E-state index in [4.69, 9.17) is 28.4 Å². The fourth-order valence-electron chi connectivity index (χ4n) is 2.61. The van der Waals surface area contributed by atoms with Crippen molar-refractivity contribution in [3.63, 3.8) is 0 Å². The van der Waals surface area contributed by atoms with Crippen LogP contribution in [0.3, 0.4) is 0 Å². The van der Waals surface area contributed by atoms with Gasteiger partial charge in [-0.1, -0.05) is 11.8 Å². The Bertz CT molecular complexity index is 316. The number of methoxy groups -OCH3 is 1. The van der Waals surface area contributed by atoms with E-state index >= 15 is 0 Å². The Morgan fingerprint density at radius 2 is 2.17 bits per heavy atom. The van der Waals surface area contributed by atoms with Crippen LogP contribution in [-0.2, 0) is 28.4 Å². The second-order valence-corrected chi connectivity index (χ2v) is 5.29. The molecule has 6 nitrogen and oxygen atoms in total. The third-order valence-corrected chi connectivity index (χ3v) is 4.24. The predicted octanol–water partition coefficient (Wildman–Crippen LogP) is 0.551. The van der Waals surface area contributed by atoms with Crippen LogP contribution in [0.5, 0.6) is 0 Å². The van der Waals surface area contributed by atoms with E-state index in [0.717, 1.165) is 0 Å². The minimum Gasteiger partial charge on any atom is -0.373 e. The molecule has 104 valence electrons. The molecule has 0 aromatic carbocycles. The molecule has 3 aliphatic heterocycles. The highest BCUT2D eigenvalue weighted by Gasteiger charge is 2.62. The summed E-state index contributed by atoms with van der Waals surface area (Å²) >= 11 is 1.39. The van der Waals surface area contributed by atoms with Crippen molar-refractivity contribution >= 4 is 11.8 Å². The van der Waals surface area contributed by atoms with Crippen LogP contribution in [0, 0.1) is 0 Å². The fraction of sp³-hybridized carbons (Fsp3) is 1.00. The van der Waals surface area contributed by atoms with E-state index in [9.17, 15) is 0 Å². The highest BCUT2D eigenvalue weighted by Crippen LogP contribution is 2.46. The summed E-state index contributed by atoms with van der Waals surface area (Å²) in [7, 11) is 1.63. The van der Waals surface area contributed by atoms with Gasteiger partial charge in [0, 0.05) is 13.7 Å². The average Bonchev–Trinajstić information content (AvgIpc) is 2.91. The van der Waals surface area contributed by atoms with Crippen LogP contribution in [0.25, 0.3) is 0 Å². The van der Waals surface area contributed by atoms with Crippen molar-refractivity contribution < 1.29 is 28.4 Å². The smallest absolute Gasteiger partial charge is 0.338 e. The number of ether oxygens (including phenoxy) is 6. The summed E-state index contributed by atoms with van der Waals surface area (Å²) in [6.07, 6.45) is 0.681. The lowest BCUT2D eigenvalue weighted by molar-refractivity contribution is -0.332. The fourth-order valence-corrected chi connectivity index (χ4v) is 3.22. The van der Waals surface area contributed by atoms with Crippen molar-refractivity contribution in [1.82, 2.24) is 0 Å². The van der Waals surface area contributed by atoms with Crippen molar-refractivity contribution in [3.05, 3.63) is 0 Å². The molecule has 0 N–H and O–H groups in total. The third kappa shape index (κ3) is 1.89. The van der Waals surface area contributed by atoms with Crippen LogP contribution >= 0.6 is 11.8 Å². The van der Waals surface area contributed by atoms with Crippen LogP contribution < -0.4 is 0 Å². The first-order valence-electron chi connectivity index (χ1n) is 6.07. The average molecular weight is 278 g/mol. The zero-order valence-corrected chi connectivity index (χ0v) is 11.5. The van der Waals surface area contributed by atoms with E-state index in [2.05, 4.69) is 0 Å². The van der Waals surface area contributed by atoms with Gasteiger partial charge < -0.3 is 28.4 Å². The first kappa shape index (κ1) is 13.1.